The second-order valence-electron chi connectivity index (χ2n) is 7.51. The zero-order chi connectivity index (χ0) is 18.5. The number of amides is 1. The van der Waals surface area contributed by atoms with E-state index in [1.165, 1.54) is 11.1 Å². The zero-order valence-electron chi connectivity index (χ0n) is 15.4. The van der Waals surface area contributed by atoms with E-state index in [2.05, 4.69) is 32.7 Å². The number of rotatable bonds is 4. The maximum atomic E-state index is 12.6. The molecule has 3 aromatic rings. The summed E-state index contributed by atoms with van der Waals surface area (Å²) >= 11 is 0. The molecule has 1 saturated carbocycles. The lowest BCUT2D eigenvalue weighted by atomic mass is 10.0. The highest BCUT2D eigenvalue weighted by Gasteiger charge is 2.30. The van der Waals surface area contributed by atoms with E-state index in [1.54, 1.807) is 10.9 Å². The van der Waals surface area contributed by atoms with E-state index in [0.717, 1.165) is 42.8 Å². The summed E-state index contributed by atoms with van der Waals surface area (Å²) in [6.07, 6.45) is 5.86. The van der Waals surface area contributed by atoms with Gasteiger partial charge in [-0.25, -0.2) is 0 Å². The quantitative estimate of drug-likeness (QED) is 0.770. The van der Waals surface area contributed by atoms with E-state index in [4.69, 9.17) is 4.52 Å². The molecule has 0 bridgehead atoms. The highest BCUT2D eigenvalue weighted by molar-refractivity contribution is 5.95. The van der Waals surface area contributed by atoms with Crippen molar-refractivity contribution in [2.45, 2.75) is 44.6 Å². The molecule has 27 heavy (non-hydrogen) atoms. The van der Waals surface area contributed by atoms with Crippen molar-refractivity contribution in [2.24, 2.45) is 7.05 Å². The number of aryl methyl sites for hydroxylation is 3. The number of aromatic nitrogens is 4. The Bertz CT molecular complexity index is 1030. The van der Waals surface area contributed by atoms with Crippen LogP contribution in [0.3, 0.4) is 0 Å². The van der Waals surface area contributed by atoms with Crippen LogP contribution in [-0.4, -0.2) is 25.8 Å². The van der Waals surface area contributed by atoms with Crippen molar-refractivity contribution in [3.63, 3.8) is 0 Å². The second-order valence-corrected chi connectivity index (χ2v) is 7.51. The van der Waals surface area contributed by atoms with Crippen molar-refractivity contribution in [3.8, 4) is 11.4 Å². The third-order valence-electron chi connectivity index (χ3n) is 5.41. The largest absolute Gasteiger partial charge is 0.345 e. The summed E-state index contributed by atoms with van der Waals surface area (Å²) < 4.78 is 7.04. The van der Waals surface area contributed by atoms with Crippen molar-refractivity contribution in [1.29, 1.82) is 0 Å². The Morgan fingerprint density at radius 2 is 2.15 bits per heavy atom. The van der Waals surface area contributed by atoms with Crippen LogP contribution < -0.4 is 5.32 Å². The number of nitrogens with one attached hydrogen (secondary N) is 1. The monoisotopic (exact) mass is 363 g/mol. The molecule has 1 fully saturated rings. The topological polar surface area (TPSA) is 85.8 Å². The molecule has 2 aliphatic rings. The van der Waals surface area contributed by atoms with Crippen LogP contribution in [-0.2, 0) is 13.5 Å². The third kappa shape index (κ3) is 2.93. The Balaban J connectivity index is 1.36. The molecule has 138 valence electrons. The van der Waals surface area contributed by atoms with Gasteiger partial charge in [0, 0.05) is 24.7 Å². The SMILES string of the molecule is Cc1nn(C)cc1C(=O)NC1CCc2cc(-c3noc(C4CC4)n3)ccc21. The van der Waals surface area contributed by atoms with Crippen molar-refractivity contribution >= 4 is 5.91 Å². The number of hydrogen-bond acceptors (Lipinski definition) is 5. The maximum absolute atomic E-state index is 12.6. The van der Waals surface area contributed by atoms with Gasteiger partial charge in [-0.3, -0.25) is 9.48 Å². The van der Waals surface area contributed by atoms with Crippen LogP contribution in [0.25, 0.3) is 11.4 Å². The first-order valence-electron chi connectivity index (χ1n) is 9.36. The molecule has 5 rings (SSSR count). The fourth-order valence-electron chi connectivity index (χ4n) is 3.81. The minimum absolute atomic E-state index is 0.0217. The fraction of sp³-hybridized carbons (Fsp3) is 0.400. The molecule has 2 heterocycles. The molecule has 1 aromatic carbocycles. The minimum atomic E-state index is -0.0743. The van der Waals surface area contributed by atoms with Crippen LogP contribution in [0.1, 0.15) is 64.3 Å². The van der Waals surface area contributed by atoms with E-state index in [-0.39, 0.29) is 11.9 Å². The first-order chi connectivity index (χ1) is 13.1. The van der Waals surface area contributed by atoms with Gasteiger partial charge >= 0.3 is 0 Å². The van der Waals surface area contributed by atoms with Gasteiger partial charge in [0.15, 0.2) is 0 Å². The van der Waals surface area contributed by atoms with E-state index in [1.807, 2.05) is 20.0 Å². The Labute approximate surface area is 156 Å². The summed E-state index contributed by atoms with van der Waals surface area (Å²) in [4.78, 5) is 17.1. The summed E-state index contributed by atoms with van der Waals surface area (Å²) in [5.41, 5.74) is 4.74. The molecule has 1 atom stereocenters. The summed E-state index contributed by atoms with van der Waals surface area (Å²) in [6.45, 7) is 1.85. The molecule has 0 saturated heterocycles. The molecule has 7 heteroatoms. The number of fused-ring (bicyclic) bond motifs is 1. The normalized spacial score (nSPS) is 18.5. The van der Waals surface area contributed by atoms with Gasteiger partial charge < -0.3 is 9.84 Å². The molecule has 0 radical (unpaired) electrons. The number of benzene rings is 1. The lowest BCUT2D eigenvalue weighted by molar-refractivity contribution is 0.0936. The third-order valence-corrected chi connectivity index (χ3v) is 5.41. The molecule has 2 aromatic heterocycles. The summed E-state index contributed by atoms with van der Waals surface area (Å²) in [7, 11) is 1.82. The molecular formula is C20H21N5O2. The van der Waals surface area contributed by atoms with E-state index in [9.17, 15) is 4.79 Å². The van der Waals surface area contributed by atoms with E-state index >= 15 is 0 Å². The van der Waals surface area contributed by atoms with Gasteiger partial charge in [-0.15, -0.1) is 0 Å². The molecule has 0 spiro atoms. The van der Waals surface area contributed by atoms with Crippen molar-refractivity contribution in [1.82, 2.24) is 25.2 Å². The highest BCUT2D eigenvalue weighted by atomic mass is 16.5. The molecule has 0 aliphatic heterocycles. The highest BCUT2D eigenvalue weighted by Crippen LogP contribution is 2.40. The van der Waals surface area contributed by atoms with Gasteiger partial charge in [0.05, 0.1) is 17.3 Å². The van der Waals surface area contributed by atoms with Crippen LogP contribution in [0.15, 0.2) is 28.9 Å². The molecule has 1 unspecified atom stereocenters. The van der Waals surface area contributed by atoms with Crippen LogP contribution in [0.4, 0.5) is 0 Å². The first-order valence-corrected chi connectivity index (χ1v) is 9.36. The molecular weight excluding hydrogens is 342 g/mol. The Kier molecular flexibility index (Phi) is 3.63. The number of carbonyl (C=O) groups excluding carboxylic acids is 1. The molecule has 1 amide bonds. The number of hydrogen-bond donors (Lipinski definition) is 1. The van der Waals surface area contributed by atoms with Gasteiger partial charge in [0.25, 0.3) is 5.91 Å². The van der Waals surface area contributed by atoms with Gasteiger partial charge in [0.2, 0.25) is 11.7 Å². The van der Waals surface area contributed by atoms with Crippen LogP contribution in [0.2, 0.25) is 0 Å². The first kappa shape index (κ1) is 16.2. The predicted molar refractivity (Wildman–Crippen MR) is 98.2 cm³/mol. The average Bonchev–Trinajstić information content (AvgIpc) is 3.09. The van der Waals surface area contributed by atoms with Crippen molar-refractivity contribution < 1.29 is 9.32 Å². The number of nitrogens with zero attached hydrogens (tertiary/aromatic N) is 4. The summed E-state index contributed by atoms with van der Waals surface area (Å²) in [6, 6.07) is 6.23. The van der Waals surface area contributed by atoms with Crippen molar-refractivity contribution in [2.75, 3.05) is 0 Å². The van der Waals surface area contributed by atoms with Crippen LogP contribution in [0.5, 0.6) is 0 Å². The van der Waals surface area contributed by atoms with Gasteiger partial charge in [-0.1, -0.05) is 17.3 Å². The van der Waals surface area contributed by atoms with E-state index < -0.39 is 0 Å². The second kappa shape index (κ2) is 6.04. The summed E-state index contributed by atoms with van der Waals surface area (Å²) in [5.74, 6) is 1.78. The van der Waals surface area contributed by atoms with Crippen LogP contribution >= 0.6 is 0 Å². The lowest BCUT2D eigenvalue weighted by Gasteiger charge is -2.14. The molecule has 7 nitrogen and oxygen atoms in total. The Morgan fingerprint density at radius 1 is 1.30 bits per heavy atom. The summed E-state index contributed by atoms with van der Waals surface area (Å²) in [5, 5.41) is 11.5. The van der Waals surface area contributed by atoms with Gasteiger partial charge in [-0.2, -0.15) is 10.1 Å². The average molecular weight is 363 g/mol. The smallest absolute Gasteiger partial charge is 0.255 e. The number of carbonyl (C=O) groups is 1. The van der Waals surface area contributed by atoms with Crippen molar-refractivity contribution in [3.05, 3.63) is 52.7 Å². The predicted octanol–water partition coefficient (Wildman–Crippen LogP) is 3.07. The van der Waals surface area contributed by atoms with Gasteiger partial charge in [-0.05, 0) is 49.8 Å². The minimum Gasteiger partial charge on any atom is -0.345 e. The van der Waals surface area contributed by atoms with Crippen LogP contribution in [0, 0.1) is 6.92 Å². The zero-order valence-corrected chi connectivity index (χ0v) is 15.4. The van der Waals surface area contributed by atoms with Gasteiger partial charge in [0.1, 0.15) is 0 Å². The Hall–Kier alpha value is -2.96. The standard InChI is InChI=1S/C20H21N5O2/c1-11-16(10-25(2)23-11)19(26)21-17-8-6-13-9-14(5-7-15(13)17)18-22-20(27-24-18)12-3-4-12/h5,7,9-10,12,17H,3-4,6,8H2,1-2H3,(H,21,26). The Morgan fingerprint density at radius 3 is 2.89 bits per heavy atom. The molecule has 1 N–H and O–H groups in total. The maximum Gasteiger partial charge on any atom is 0.255 e. The lowest BCUT2D eigenvalue weighted by Crippen LogP contribution is -2.27. The molecule has 2 aliphatic carbocycles. The van der Waals surface area contributed by atoms with E-state index in [0.29, 0.717) is 17.3 Å². The fourth-order valence-corrected chi connectivity index (χ4v) is 3.81.